The number of rotatable bonds is 4. The van der Waals surface area contributed by atoms with Crippen molar-refractivity contribution < 1.29 is 4.79 Å². The average molecular weight is 244 g/mol. The molecule has 0 radical (unpaired) electrons. The van der Waals surface area contributed by atoms with Gasteiger partial charge in [-0.3, -0.25) is 4.79 Å². The molecule has 2 N–H and O–H groups in total. The number of amides is 1. The van der Waals surface area contributed by atoms with Crippen LogP contribution in [0, 0.1) is 5.41 Å². The van der Waals surface area contributed by atoms with Crippen molar-refractivity contribution in [1.29, 1.82) is 0 Å². The van der Waals surface area contributed by atoms with Gasteiger partial charge in [0.2, 0.25) is 5.91 Å². The number of anilines is 1. The van der Waals surface area contributed by atoms with Crippen molar-refractivity contribution in [2.75, 3.05) is 18.4 Å². The summed E-state index contributed by atoms with van der Waals surface area (Å²) in [5.74, 6) is 0.154. The van der Waals surface area contributed by atoms with Crippen molar-refractivity contribution in [3.05, 3.63) is 29.8 Å². The SMILES string of the molecule is CCC1(CNC(=O)C2CNc3ccccc32)CC1. The Bertz CT molecular complexity index is 465. The van der Waals surface area contributed by atoms with E-state index in [1.54, 1.807) is 0 Å². The van der Waals surface area contributed by atoms with Crippen LogP contribution in [0.2, 0.25) is 0 Å². The second kappa shape index (κ2) is 4.30. The first-order chi connectivity index (χ1) is 8.74. The molecule has 1 amide bonds. The lowest BCUT2D eigenvalue weighted by Gasteiger charge is -2.16. The fourth-order valence-corrected chi connectivity index (χ4v) is 2.75. The molecule has 1 saturated carbocycles. The van der Waals surface area contributed by atoms with Crippen molar-refractivity contribution >= 4 is 11.6 Å². The van der Waals surface area contributed by atoms with Crippen LogP contribution in [0.3, 0.4) is 0 Å². The van der Waals surface area contributed by atoms with Crippen LogP contribution >= 0.6 is 0 Å². The Morgan fingerprint density at radius 2 is 2.22 bits per heavy atom. The first-order valence-electron chi connectivity index (χ1n) is 6.85. The van der Waals surface area contributed by atoms with Gasteiger partial charge in [0.1, 0.15) is 0 Å². The van der Waals surface area contributed by atoms with E-state index in [1.165, 1.54) is 19.3 Å². The zero-order valence-electron chi connectivity index (χ0n) is 10.8. The number of fused-ring (bicyclic) bond motifs is 1. The zero-order chi connectivity index (χ0) is 12.6. The molecule has 0 saturated heterocycles. The molecule has 1 atom stereocenters. The van der Waals surface area contributed by atoms with Gasteiger partial charge in [0.05, 0.1) is 5.92 Å². The molecule has 1 aliphatic heterocycles. The molecule has 0 aromatic heterocycles. The lowest BCUT2D eigenvalue weighted by molar-refractivity contribution is -0.122. The molecule has 18 heavy (non-hydrogen) atoms. The van der Waals surface area contributed by atoms with Crippen LogP contribution in [0.25, 0.3) is 0 Å². The zero-order valence-corrected chi connectivity index (χ0v) is 10.8. The second-order valence-corrected chi connectivity index (χ2v) is 5.59. The molecule has 1 aromatic carbocycles. The quantitative estimate of drug-likeness (QED) is 0.854. The van der Waals surface area contributed by atoms with E-state index in [-0.39, 0.29) is 11.8 Å². The molecule has 1 heterocycles. The van der Waals surface area contributed by atoms with Gasteiger partial charge in [0.25, 0.3) is 0 Å². The van der Waals surface area contributed by atoms with Crippen LogP contribution in [-0.2, 0) is 4.79 Å². The second-order valence-electron chi connectivity index (χ2n) is 5.59. The van der Waals surface area contributed by atoms with Crippen LogP contribution in [0.1, 0.15) is 37.7 Å². The van der Waals surface area contributed by atoms with Crippen molar-refractivity contribution in [3.63, 3.8) is 0 Å². The van der Waals surface area contributed by atoms with Gasteiger partial charge >= 0.3 is 0 Å². The van der Waals surface area contributed by atoms with Crippen molar-refractivity contribution in [2.24, 2.45) is 5.41 Å². The molecule has 96 valence electrons. The fraction of sp³-hybridized carbons (Fsp3) is 0.533. The average Bonchev–Trinajstić information content (AvgIpc) is 3.07. The Morgan fingerprint density at radius 3 is 2.94 bits per heavy atom. The fourth-order valence-electron chi connectivity index (χ4n) is 2.75. The van der Waals surface area contributed by atoms with Gasteiger partial charge < -0.3 is 10.6 Å². The van der Waals surface area contributed by atoms with E-state index in [0.717, 1.165) is 24.3 Å². The van der Waals surface area contributed by atoms with Crippen molar-refractivity contribution in [2.45, 2.75) is 32.1 Å². The minimum atomic E-state index is -0.0196. The summed E-state index contributed by atoms with van der Waals surface area (Å²) in [7, 11) is 0. The highest BCUT2D eigenvalue weighted by Gasteiger charge is 2.41. The van der Waals surface area contributed by atoms with Crippen LogP contribution < -0.4 is 10.6 Å². The summed E-state index contributed by atoms with van der Waals surface area (Å²) in [6, 6.07) is 8.09. The van der Waals surface area contributed by atoms with Gasteiger partial charge in [-0.05, 0) is 36.3 Å². The normalized spacial score (nSPS) is 23.1. The molecule has 1 fully saturated rings. The molecule has 1 unspecified atom stereocenters. The van der Waals surface area contributed by atoms with E-state index in [9.17, 15) is 4.79 Å². The van der Waals surface area contributed by atoms with Crippen LogP contribution in [0.4, 0.5) is 5.69 Å². The highest BCUT2D eigenvalue weighted by atomic mass is 16.1. The molecule has 3 rings (SSSR count). The van der Waals surface area contributed by atoms with Gasteiger partial charge in [-0.25, -0.2) is 0 Å². The maximum atomic E-state index is 12.2. The van der Waals surface area contributed by atoms with Crippen LogP contribution in [0.15, 0.2) is 24.3 Å². The standard InChI is InChI=1S/C15H20N2O/c1-2-15(7-8-15)10-17-14(18)12-9-16-13-6-4-3-5-11(12)13/h3-6,12,16H,2,7-10H2,1H3,(H,17,18). The van der Waals surface area contributed by atoms with E-state index in [1.807, 2.05) is 24.3 Å². The third-order valence-electron chi connectivity index (χ3n) is 4.49. The molecular weight excluding hydrogens is 224 g/mol. The summed E-state index contributed by atoms with van der Waals surface area (Å²) in [6.45, 7) is 3.79. The van der Waals surface area contributed by atoms with Gasteiger partial charge in [-0.1, -0.05) is 25.1 Å². The topological polar surface area (TPSA) is 41.1 Å². The van der Waals surface area contributed by atoms with E-state index in [2.05, 4.69) is 17.6 Å². The van der Waals surface area contributed by atoms with Gasteiger partial charge in [0, 0.05) is 18.8 Å². The van der Waals surface area contributed by atoms with E-state index < -0.39 is 0 Å². The van der Waals surface area contributed by atoms with E-state index in [4.69, 9.17) is 0 Å². The van der Waals surface area contributed by atoms with Crippen molar-refractivity contribution in [3.8, 4) is 0 Å². The predicted molar refractivity (Wildman–Crippen MR) is 72.6 cm³/mol. The molecular formula is C15H20N2O. The van der Waals surface area contributed by atoms with Crippen LogP contribution in [0.5, 0.6) is 0 Å². The monoisotopic (exact) mass is 244 g/mol. The number of hydrogen-bond acceptors (Lipinski definition) is 2. The molecule has 2 aliphatic rings. The summed E-state index contributed by atoms with van der Waals surface area (Å²) >= 11 is 0. The minimum absolute atomic E-state index is 0.0196. The van der Waals surface area contributed by atoms with Crippen LogP contribution in [-0.4, -0.2) is 19.0 Å². The Balaban J connectivity index is 1.64. The molecule has 1 aromatic rings. The maximum Gasteiger partial charge on any atom is 0.229 e. The highest BCUT2D eigenvalue weighted by molar-refractivity contribution is 5.88. The molecule has 1 aliphatic carbocycles. The lowest BCUT2D eigenvalue weighted by Crippen LogP contribution is -2.34. The van der Waals surface area contributed by atoms with Gasteiger partial charge in [-0.2, -0.15) is 0 Å². The van der Waals surface area contributed by atoms with Gasteiger partial charge in [-0.15, -0.1) is 0 Å². The lowest BCUT2D eigenvalue weighted by atomic mass is 9.99. The van der Waals surface area contributed by atoms with E-state index >= 15 is 0 Å². The largest absolute Gasteiger partial charge is 0.384 e. The molecule has 3 heteroatoms. The Hall–Kier alpha value is -1.51. The summed E-state index contributed by atoms with van der Waals surface area (Å²) in [5, 5.41) is 6.44. The molecule has 0 spiro atoms. The van der Waals surface area contributed by atoms with Gasteiger partial charge in [0.15, 0.2) is 0 Å². The number of nitrogens with one attached hydrogen (secondary N) is 2. The van der Waals surface area contributed by atoms with E-state index in [0.29, 0.717) is 5.41 Å². The summed E-state index contributed by atoms with van der Waals surface area (Å²) in [5.41, 5.74) is 2.66. The highest BCUT2D eigenvalue weighted by Crippen LogP contribution is 2.48. The minimum Gasteiger partial charge on any atom is -0.384 e. The number of carbonyl (C=O) groups excluding carboxylic acids is 1. The number of para-hydroxylation sites is 1. The first-order valence-corrected chi connectivity index (χ1v) is 6.85. The summed E-state index contributed by atoms with van der Waals surface area (Å²) < 4.78 is 0. The smallest absolute Gasteiger partial charge is 0.229 e. The third-order valence-corrected chi connectivity index (χ3v) is 4.49. The number of carbonyl (C=O) groups is 1. The molecule has 0 bridgehead atoms. The summed E-state index contributed by atoms with van der Waals surface area (Å²) in [6.07, 6.45) is 3.71. The van der Waals surface area contributed by atoms with Crippen molar-refractivity contribution in [1.82, 2.24) is 5.32 Å². The number of benzene rings is 1. The first kappa shape index (κ1) is 11.6. The predicted octanol–water partition coefficient (Wildman–Crippen LogP) is 2.50. The Kier molecular flexibility index (Phi) is 2.77. The summed E-state index contributed by atoms with van der Waals surface area (Å²) in [4.78, 5) is 12.2. The maximum absolute atomic E-state index is 12.2. The number of hydrogen-bond donors (Lipinski definition) is 2. The Morgan fingerprint density at radius 1 is 1.44 bits per heavy atom. The third kappa shape index (κ3) is 1.98. The Labute approximate surface area is 108 Å². The molecule has 3 nitrogen and oxygen atoms in total.